The second-order valence-corrected chi connectivity index (χ2v) is 24.5. The van der Waals surface area contributed by atoms with Crippen molar-refractivity contribution in [2.45, 2.75) is 134 Å². The molecule has 9 rings (SSSR count). The number of pyridine rings is 1. The minimum absolute atomic E-state index is 0. The Morgan fingerprint density at radius 3 is 1.65 bits per heavy atom. The summed E-state index contributed by atoms with van der Waals surface area (Å²) in [6.45, 7) is 18.3. The molecule has 4 fully saturated rings. The summed E-state index contributed by atoms with van der Waals surface area (Å²) >= 11 is 3.32. The molecule has 5 aromatic rings. The molecule has 22 nitrogen and oxygen atoms in total. The topological polar surface area (TPSA) is 243 Å². The summed E-state index contributed by atoms with van der Waals surface area (Å²) in [6.07, 6.45) is -7.53. The minimum Gasteiger partial charge on any atom is -0.506 e. The number of halogens is 9. The number of ether oxygens (including phenoxy) is 6. The number of nitrogens with one attached hydrogen (secondary N) is 1. The summed E-state index contributed by atoms with van der Waals surface area (Å²) in [5, 5.41) is 23.6. The zero-order valence-electron chi connectivity index (χ0n) is 55.2. The first-order valence-corrected chi connectivity index (χ1v) is 33.3. The molecule has 3 aromatic carbocycles. The van der Waals surface area contributed by atoms with Crippen molar-refractivity contribution in [2.75, 3.05) is 132 Å². The second kappa shape index (κ2) is 46.2. The lowest BCUT2D eigenvalue weighted by atomic mass is 9.79. The van der Waals surface area contributed by atoms with Gasteiger partial charge in [0, 0.05) is 115 Å². The molecule has 0 radical (unpaired) electrons. The van der Waals surface area contributed by atoms with Gasteiger partial charge in [-0.2, -0.15) is 26.3 Å². The molecule has 32 heteroatoms. The number of hydrogen-bond donors (Lipinski definition) is 3. The van der Waals surface area contributed by atoms with Crippen LogP contribution in [-0.4, -0.2) is 200 Å². The molecule has 4 saturated heterocycles. The molecule has 0 bridgehead atoms. The normalized spacial score (nSPS) is 16.2. The van der Waals surface area contributed by atoms with Gasteiger partial charge in [-0.15, -0.1) is 36.2 Å². The highest BCUT2D eigenvalue weighted by Crippen LogP contribution is 2.43. The molecule has 0 saturated carbocycles. The van der Waals surface area contributed by atoms with Crippen LogP contribution in [0.15, 0.2) is 103 Å². The molecule has 582 valence electrons. The molecule has 2 aromatic heterocycles. The molecular formula is C71H105BrCl2F6N8O14S. The number of piperazine rings is 3. The van der Waals surface area contributed by atoms with Crippen LogP contribution in [0.25, 0.3) is 0 Å². The van der Waals surface area contributed by atoms with E-state index >= 15 is 0 Å². The smallest absolute Gasteiger partial charge is 0.425 e. The Labute approximate surface area is 627 Å². The van der Waals surface area contributed by atoms with E-state index in [0.29, 0.717) is 80.0 Å². The number of benzene rings is 3. The lowest BCUT2D eigenvalue weighted by Crippen LogP contribution is -2.69. The molecule has 2 atom stereocenters. The highest BCUT2D eigenvalue weighted by molar-refractivity contribution is 9.09. The zero-order valence-corrected chi connectivity index (χ0v) is 59.3. The van der Waals surface area contributed by atoms with Crippen molar-refractivity contribution in [3.8, 4) is 23.0 Å². The number of carbonyl (C=O) groups is 6. The van der Waals surface area contributed by atoms with E-state index in [1.54, 1.807) is 62.1 Å². The Balaban J connectivity index is 0. The number of rotatable bonds is 18. The quantitative estimate of drug-likeness (QED) is 0.0319. The second-order valence-electron chi connectivity index (χ2n) is 23.1. The average molecular weight is 1590 g/mol. The number of hydrogen-bond acceptors (Lipinski definition) is 19. The Bertz CT molecular complexity index is 3360. The number of carboxylic acid groups (broad SMARTS) is 1. The number of piperidine rings is 1. The van der Waals surface area contributed by atoms with E-state index in [2.05, 4.69) is 40.8 Å². The van der Waals surface area contributed by atoms with Gasteiger partial charge in [0.1, 0.15) is 38.8 Å². The fraction of sp³-hybridized carbons (Fsp3) is 0.535. The van der Waals surface area contributed by atoms with Crippen molar-refractivity contribution in [1.82, 2.24) is 25.0 Å². The standard InChI is InChI=1S/C33H34F6N4O6S.C15H22N2O3.C14H20N2O3.C4H7BrO2.5CH4.2ClH/c1-2-6-26-31(49-21-17-27(50-20-21)33(37,38)39,10-5-12-43(26)29(46)22-18-40-11-9-23(22)32(34,35)36)30(47)42-15-13-41(14-16-42)24-7-3-4-8-25(24)48-19-28(44)45;1-15(2,3)20-14(19)17-10-8-16(9-11-17)12-6-4-5-7-13(12)18;1-2-18-14(17)11-19-13-6-4-3-5-12(13)16-9-7-15-8-10-16;1-2-7-4(6)3-5;;;;;;;/h3-4,7-9,11,17-18,20,26H,2,5-6,10,12-16,19H2,1H3,(H,44,45);4-7,18H,8-11H2,1-3H3;3-6,15H,2,7-11H2,1H3;2-3H2,1H3;5*1H4;2*1H/t26-,31+;;;;;;;;;;/m1........../s1. The van der Waals surface area contributed by atoms with Crippen molar-refractivity contribution in [1.29, 1.82) is 0 Å². The summed E-state index contributed by atoms with van der Waals surface area (Å²) < 4.78 is 115. The van der Waals surface area contributed by atoms with Crippen LogP contribution in [-0.2, 0) is 45.7 Å². The van der Waals surface area contributed by atoms with Crippen molar-refractivity contribution in [3.63, 3.8) is 0 Å². The van der Waals surface area contributed by atoms with Crippen molar-refractivity contribution in [3.05, 3.63) is 119 Å². The Kier molecular flexibility index (Phi) is 43.7. The van der Waals surface area contributed by atoms with E-state index in [-0.39, 0.29) is 150 Å². The SMILES string of the molecule is C.C.C.C.C.CC(C)(C)OC(=O)N1CCN(c2ccccc2O)CC1.CCC[C@H]1N(C(=O)c2cnccc2C(F)(F)F)CCC[C@@]1(Oc1csc(C(F)(F)F)c1)C(=O)N1CCN(c2ccccc2OCC(=O)O)CC1.CCOC(=O)CBr.CCOC(=O)COc1ccccc1N1CCNCC1.Cl.Cl. The molecule has 4 aliphatic heterocycles. The fourth-order valence-corrected chi connectivity index (χ4v) is 11.8. The largest absolute Gasteiger partial charge is 0.506 e. The van der Waals surface area contributed by atoms with E-state index < -0.39 is 70.0 Å². The monoisotopic (exact) mass is 1590 g/mol. The van der Waals surface area contributed by atoms with E-state index in [9.17, 15) is 60.2 Å². The van der Waals surface area contributed by atoms with Crippen LogP contribution < -0.4 is 34.2 Å². The van der Waals surface area contributed by atoms with Crippen LogP contribution in [0.1, 0.15) is 125 Å². The van der Waals surface area contributed by atoms with E-state index in [0.717, 1.165) is 67.1 Å². The number of esters is 2. The number of nitrogens with zero attached hydrogens (tertiary/aromatic N) is 7. The van der Waals surface area contributed by atoms with Crippen LogP contribution in [0.5, 0.6) is 23.0 Å². The predicted octanol–water partition coefficient (Wildman–Crippen LogP) is 14.7. The van der Waals surface area contributed by atoms with Crippen molar-refractivity contribution in [2.24, 2.45) is 0 Å². The molecule has 0 aliphatic carbocycles. The van der Waals surface area contributed by atoms with Crippen molar-refractivity contribution < 1.29 is 93.7 Å². The van der Waals surface area contributed by atoms with Gasteiger partial charge in [-0.3, -0.25) is 19.4 Å². The Morgan fingerprint density at radius 1 is 0.660 bits per heavy atom. The van der Waals surface area contributed by atoms with Gasteiger partial charge in [0.25, 0.3) is 11.8 Å². The summed E-state index contributed by atoms with van der Waals surface area (Å²) in [6, 6.07) is 22.2. The Morgan fingerprint density at radius 2 is 1.17 bits per heavy atom. The number of phenols is 1. The van der Waals surface area contributed by atoms with Crippen LogP contribution in [0.2, 0.25) is 0 Å². The molecule has 0 spiro atoms. The van der Waals surface area contributed by atoms with Gasteiger partial charge in [-0.25, -0.2) is 14.4 Å². The first kappa shape index (κ1) is 97.4. The summed E-state index contributed by atoms with van der Waals surface area (Å²) in [5.41, 5.74) is -1.86. The van der Waals surface area contributed by atoms with Gasteiger partial charge < -0.3 is 73.4 Å². The number of phenolic OH excluding ortho intramolecular Hbond substituents is 1. The molecule has 103 heavy (non-hydrogen) atoms. The summed E-state index contributed by atoms with van der Waals surface area (Å²) in [4.78, 5) is 86.6. The number of para-hydroxylation sites is 6. The van der Waals surface area contributed by atoms with E-state index in [1.165, 1.54) is 9.80 Å². The molecular weight excluding hydrogens is 1490 g/mol. The number of carbonyl (C=O) groups excluding carboxylic acids is 5. The van der Waals surface area contributed by atoms with Crippen molar-refractivity contribution >= 4 is 105 Å². The number of aliphatic carboxylic acids is 1. The average Bonchev–Trinajstić information content (AvgIpc) is 1.47. The third-order valence-corrected chi connectivity index (χ3v) is 16.6. The number of aromatic nitrogens is 1. The summed E-state index contributed by atoms with van der Waals surface area (Å²) in [5.74, 6) is -2.24. The maximum atomic E-state index is 14.7. The number of aromatic hydroxyl groups is 1. The van der Waals surface area contributed by atoms with Gasteiger partial charge >= 0.3 is 36.4 Å². The van der Waals surface area contributed by atoms with Gasteiger partial charge in [-0.1, -0.05) is 103 Å². The highest BCUT2D eigenvalue weighted by atomic mass is 79.9. The lowest BCUT2D eigenvalue weighted by Gasteiger charge is -2.50. The lowest BCUT2D eigenvalue weighted by molar-refractivity contribution is -0.159. The third-order valence-electron chi connectivity index (χ3n) is 15.2. The van der Waals surface area contributed by atoms with Gasteiger partial charge in [0.15, 0.2) is 13.2 Å². The van der Waals surface area contributed by atoms with Gasteiger partial charge in [0.2, 0.25) is 5.60 Å². The van der Waals surface area contributed by atoms with Crippen LogP contribution >= 0.6 is 52.1 Å². The zero-order chi connectivity index (χ0) is 70.2. The predicted molar refractivity (Wildman–Crippen MR) is 400 cm³/mol. The van der Waals surface area contributed by atoms with Crippen LogP contribution in [0.3, 0.4) is 0 Å². The van der Waals surface area contributed by atoms with Crippen LogP contribution in [0, 0.1) is 0 Å². The van der Waals surface area contributed by atoms with E-state index in [4.69, 9.17) is 28.8 Å². The number of carboxylic acids is 1. The highest BCUT2D eigenvalue weighted by Gasteiger charge is 2.56. The van der Waals surface area contributed by atoms with E-state index in [1.807, 2.05) is 62.1 Å². The van der Waals surface area contributed by atoms with Gasteiger partial charge in [0.05, 0.1) is 47.4 Å². The molecule has 3 N–H and O–H groups in total. The minimum atomic E-state index is -4.88. The first-order valence-electron chi connectivity index (χ1n) is 31.3. The molecule has 0 unspecified atom stereocenters. The maximum Gasteiger partial charge on any atom is 0.425 e. The summed E-state index contributed by atoms with van der Waals surface area (Å²) in [7, 11) is 0. The fourth-order valence-electron chi connectivity index (χ4n) is 11.0. The molecule has 4 aliphatic rings. The first-order chi connectivity index (χ1) is 45.6. The Hall–Kier alpha value is -7.67. The van der Waals surface area contributed by atoms with Crippen LogP contribution in [0.4, 0.5) is 48.2 Å². The number of likely N-dealkylation sites (tertiary alicyclic amines) is 1. The number of anilines is 3. The molecule has 3 amide bonds. The number of alkyl halides is 7. The maximum absolute atomic E-state index is 14.7. The van der Waals surface area contributed by atoms with Gasteiger partial charge in [-0.05, 0) is 89.9 Å². The number of thiophene rings is 1. The number of amides is 3. The third kappa shape index (κ3) is 28.7. The molecule has 6 heterocycles.